The monoisotopic (exact) mass is 1420 g/mol. The maximum atomic E-state index is 13.3. The van der Waals surface area contributed by atoms with Gasteiger partial charge in [0, 0.05) is 90.8 Å². The quantitative estimate of drug-likeness (QED) is 0.0247. The normalized spacial score (nSPS) is 17.8. The summed E-state index contributed by atoms with van der Waals surface area (Å²) < 4.78 is 22.0. The van der Waals surface area contributed by atoms with Crippen LogP contribution in [0.4, 0.5) is 45.8 Å². The number of hydrazine groups is 2. The van der Waals surface area contributed by atoms with Crippen LogP contribution in [0.15, 0.2) is 150 Å². The minimum absolute atomic E-state index is 0. The smallest absolute Gasteiger partial charge is 0.418 e. The van der Waals surface area contributed by atoms with Gasteiger partial charge in [0.25, 0.3) is 35.4 Å². The van der Waals surface area contributed by atoms with Gasteiger partial charge in [0.2, 0.25) is 28.6 Å². The summed E-state index contributed by atoms with van der Waals surface area (Å²) in [6, 6.07) is 40.2. The minimum atomic E-state index is -1.51. The van der Waals surface area contributed by atoms with Crippen molar-refractivity contribution >= 4 is 94.8 Å². The highest BCUT2D eigenvalue weighted by Gasteiger charge is 2.61. The summed E-state index contributed by atoms with van der Waals surface area (Å²) in [6.07, 6.45) is -0.409. The summed E-state index contributed by atoms with van der Waals surface area (Å²) in [5.74, 6) is 0.707. The lowest BCUT2D eigenvalue weighted by molar-refractivity contribution is -0.144. The van der Waals surface area contributed by atoms with Gasteiger partial charge in [-0.2, -0.15) is 0 Å². The molecule has 6 aromatic carbocycles. The molecule has 0 radical (unpaired) electrons. The molecule has 3 aliphatic heterocycles. The topological polar surface area (TPSA) is 453 Å². The number of nitrogens with zero attached hydrogens (tertiary/aromatic N) is 5. The molecule has 13 rings (SSSR count). The molecule has 3 aliphatic carbocycles. The van der Waals surface area contributed by atoms with Crippen LogP contribution in [0.5, 0.6) is 0 Å². The molecule has 7 aromatic rings. The van der Waals surface area contributed by atoms with Gasteiger partial charge < -0.3 is 55.6 Å². The molecule has 542 valence electrons. The van der Waals surface area contributed by atoms with Crippen molar-refractivity contribution in [3.05, 3.63) is 196 Å². The third kappa shape index (κ3) is 16.6. The van der Waals surface area contributed by atoms with E-state index in [1.807, 2.05) is 41.8 Å². The van der Waals surface area contributed by atoms with Gasteiger partial charge in [-0.15, -0.1) is 10.2 Å². The van der Waals surface area contributed by atoms with E-state index in [1.165, 1.54) is 21.1 Å². The first-order chi connectivity index (χ1) is 47.5. The molecule has 4 heterocycles. The molecule has 3 spiro atoms. The number of carbonyl (C=O) groups is 13. The maximum Gasteiger partial charge on any atom is 0.418 e. The number of anilines is 3. The van der Waals surface area contributed by atoms with E-state index in [9.17, 15) is 62.3 Å². The first kappa shape index (κ1) is 78.9. The highest BCUT2D eigenvalue weighted by molar-refractivity contribution is 6.08. The van der Waals surface area contributed by atoms with Crippen LogP contribution >= 0.6 is 0 Å². The first-order valence-corrected chi connectivity index (χ1v) is 30.4. The molecule has 0 unspecified atom stereocenters. The second-order valence-electron chi connectivity index (χ2n) is 22.5. The molecule has 15 amide bonds. The van der Waals surface area contributed by atoms with Crippen molar-refractivity contribution in [1.29, 1.82) is 0 Å². The van der Waals surface area contributed by atoms with E-state index in [1.54, 1.807) is 109 Å². The third-order valence-electron chi connectivity index (χ3n) is 16.4. The van der Waals surface area contributed by atoms with Crippen LogP contribution in [0.1, 0.15) is 109 Å². The number of carboxylic acid groups (broad SMARTS) is 1. The summed E-state index contributed by atoms with van der Waals surface area (Å²) in [7, 11) is 4.51. The number of nitrogens with one attached hydrogen (secondary N) is 9. The van der Waals surface area contributed by atoms with Crippen LogP contribution in [-0.4, -0.2) is 142 Å². The van der Waals surface area contributed by atoms with Crippen molar-refractivity contribution in [3.8, 4) is 11.5 Å². The summed E-state index contributed by atoms with van der Waals surface area (Å²) in [5.41, 5.74) is 9.47. The van der Waals surface area contributed by atoms with Gasteiger partial charge in [-0.25, -0.2) is 49.3 Å². The fraction of sp³-hybridized carbons (Fsp3) is 0.271. The second-order valence-corrected chi connectivity index (χ2v) is 22.5. The van der Waals surface area contributed by atoms with E-state index < -0.39 is 83.7 Å². The number of carbonyl (C=O) groups excluding carboxylic acids is 12. The highest BCUT2D eigenvalue weighted by Crippen LogP contribution is 2.49. The Kier molecular flexibility index (Phi) is 25.8. The van der Waals surface area contributed by atoms with Gasteiger partial charge >= 0.3 is 42.3 Å². The van der Waals surface area contributed by atoms with E-state index in [2.05, 4.69) is 52.9 Å². The average molecular weight is 1420 g/mol. The molecule has 103 heavy (non-hydrogen) atoms. The molecule has 3 fully saturated rings. The lowest BCUT2D eigenvalue weighted by Crippen LogP contribution is -2.48. The van der Waals surface area contributed by atoms with Crippen molar-refractivity contribution < 1.29 is 86.1 Å². The average Bonchev–Trinajstić information content (AvgIpc) is 1.59. The number of ether oxygens (including phenoxy) is 3. The second kappa shape index (κ2) is 33.7. The number of fused-ring (bicyclic) bond motifs is 6. The predicted octanol–water partition coefficient (Wildman–Crippen LogP) is 7.31. The SMILES string of the molecule is C.C.C.C.CNC(=O)Nc1ccc2c(c1)CC[C@@]21OC(=O)N(CC(=O)O)C1=O.CNC(=O)Nc1ccc2c(c1)CC[C@]21OC(=O)N(CC(=O)NNC(=O)c2ccccc2)C1=O.CNC(=O)Nc1ccc2c(c1)CC[C@]21OC(=O)N(Cc2nnc(-c3ccccc3)o2)C1=O.NNC(=O)c1ccccc1. The summed E-state index contributed by atoms with van der Waals surface area (Å²) in [6.45, 7) is -1.52. The van der Waals surface area contributed by atoms with Gasteiger partial charge in [0.05, 0.1) is 0 Å². The number of aryl methyl sites for hydroxylation is 3. The fourth-order valence-corrected chi connectivity index (χ4v) is 11.7. The van der Waals surface area contributed by atoms with Crippen molar-refractivity contribution in [2.45, 2.75) is 91.6 Å². The van der Waals surface area contributed by atoms with Crippen LogP contribution < -0.4 is 54.0 Å². The van der Waals surface area contributed by atoms with Crippen molar-refractivity contribution in [2.75, 3.05) is 50.2 Å². The number of benzene rings is 6. The maximum absolute atomic E-state index is 13.3. The number of hydrogen-bond acceptors (Lipinski definition) is 20. The number of amides is 15. The Balaban J connectivity index is 0.000000225. The standard InChI is InChI=1S/C22H21N5O6.C22H19N5O5.C15H15N3O6.C7H8N2O.4CH4/c1-23-20(31)24-15-7-8-16-14(11-15)9-10-22(16)19(30)27(21(32)33-22)12-17(28)25-26-18(29)13-5-3-2-4-6-13;1-23-20(29)24-15-7-8-16-14(11-15)9-10-22(16)19(28)27(21(30)32-22)12-17-25-26-18(31-17)13-5-3-2-4-6-13;1-16-13(22)17-9-2-3-10-8(6-9)4-5-15(10)12(21)18(7-11(19)20)14(23)24-15;8-9-7(10)6-4-2-1-3-5-6;;;;/h2-8,11H,9-10,12H2,1H3,(H,25,28)(H,26,29)(H2,23,24,31);2-8,11H,9-10,12H2,1H3,(H2,23,24,29);2-3,6H,4-5,7H2,1H3,(H,19,20)(H2,16,17,22);1-5H,8H2,(H,9,10);4*1H4/t2*22-;15-;;;;;/m001...../s1. The molecule has 0 bridgehead atoms. The van der Waals surface area contributed by atoms with Crippen molar-refractivity contribution in [3.63, 3.8) is 0 Å². The van der Waals surface area contributed by atoms with E-state index in [0.29, 0.717) is 81.4 Å². The number of aromatic nitrogens is 2. The zero-order valence-corrected chi connectivity index (χ0v) is 52.9. The number of carboxylic acids is 1. The molecule has 12 N–H and O–H groups in total. The van der Waals surface area contributed by atoms with E-state index in [0.717, 1.165) is 32.1 Å². The molecule has 6 aliphatic rings. The number of rotatable bonds is 12. The molecular formula is C70H79N15O18. The van der Waals surface area contributed by atoms with Gasteiger partial charge in [-0.3, -0.25) is 49.8 Å². The zero-order chi connectivity index (χ0) is 70.8. The number of urea groups is 3. The van der Waals surface area contributed by atoms with Crippen LogP contribution in [-0.2, 0) is 80.8 Å². The Morgan fingerprint density at radius 2 is 0.845 bits per heavy atom. The summed E-state index contributed by atoms with van der Waals surface area (Å²) >= 11 is 0. The Labute approximate surface area is 590 Å². The zero-order valence-electron chi connectivity index (χ0n) is 52.9. The molecule has 0 saturated carbocycles. The Hall–Kier alpha value is -13.1. The van der Waals surface area contributed by atoms with E-state index >= 15 is 0 Å². The molecular weight excluding hydrogens is 1340 g/mol. The number of nitrogens with two attached hydrogens (primary N) is 1. The number of hydrogen-bond donors (Lipinski definition) is 11. The predicted molar refractivity (Wildman–Crippen MR) is 371 cm³/mol. The Morgan fingerprint density at radius 3 is 1.23 bits per heavy atom. The van der Waals surface area contributed by atoms with E-state index in [4.69, 9.17) is 29.6 Å². The number of nitrogen functional groups attached to an aromatic ring is 1. The van der Waals surface area contributed by atoms with Crippen LogP contribution in [0.3, 0.4) is 0 Å². The summed E-state index contributed by atoms with van der Waals surface area (Å²) in [5, 5.41) is 32.1. The fourth-order valence-electron chi connectivity index (χ4n) is 11.7. The molecule has 33 heteroatoms. The Morgan fingerprint density at radius 1 is 0.476 bits per heavy atom. The van der Waals surface area contributed by atoms with E-state index in [-0.39, 0.29) is 79.0 Å². The van der Waals surface area contributed by atoms with Gasteiger partial charge in [-0.1, -0.05) is 103 Å². The minimum Gasteiger partial charge on any atom is -0.480 e. The van der Waals surface area contributed by atoms with Crippen molar-refractivity contribution in [1.82, 2.24) is 57.1 Å². The lowest BCUT2D eigenvalue weighted by atomic mass is 9.94. The Bertz CT molecular complexity index is 4390. The van der Waals surface area contributed by atoms with Crippen LogP contribution in [0.2, 0.25) is 0 Å². The number of aliphatic carboxylic acids is 1. The van der Waals surface area contributed by atoms with Gasteiger partial charge in [0.15, 0.2) is 0 Å². The lowest BCUT2D eigenvalue weighted by Gasteiger charge is -2.20. The summed E-state index contributed by atoms with van der Waals surface area (Å²) in [4.78, 5) is 159. The van der Waals surface area contributed by atoms with Gasteiger partial charge in [0.1, 0.15) is 19.6 Å². The molecule has 3 saturated heterocycles. The molecule has 1 aromatic heterocycles. The highest BCUT2D eigenvalue weighted by atomic mass is 16.6. The van der Waals surface area contributed by atoms with Crippen LogP contribution in [0, 0.1) is 0 Å². The number of imide groups is 3. The molecule has 3 atom stereocenters. The molecule has 33 nitrogen and oxygen atoms in total. The van der Waals surface area contributed by atoms with Gasteiger partial charge in [-0.05, 0) is 109 Å². The third-order valence-corrected chi connectivity index (χ3v) is 16.4. The van der Waals surface area contributed by atoms with Crippen molar-refractivity contribution in [2.24, 2.45) is 5.84 Å². The largest absolute Gasteiger partial charge is 0.480 e. The van der Waals surface area contributed by atoms with Crippen LogP contribution in [0.25, 0.3) is 11.5 Å². The first-order valence-electron chi connectivity index (χ1n) is 30.4.